The minimum Gasteiger partial charge on any atom is -0.285 e. The molecule has 1 aromatic carbocycles. The Bertz CT molecular complexity index is 498. The molecule has 68 valence electrons. The van der Waals surface area contributed by atoms with Crippen LogP contribution in [0.15, 0.2) is 23.0 Å². The third kappa shape index (κ3) is 1.06. The predicted molar refractivity (Wildman–Crippen MR) is 48.2 cm³/mol. The van der Waals surface area contributed by atoms with Crippen LogP contribution in [0.1, 0.15) is 6.92 Å². The minimum absolute atomic E-state index is 0.143. The maximum atomic E-state index is 13.2. The van der Waals surface area contributed by atoms with E-state index in [9.17, 15) is 9.18 Å². The van der Waals surface area contributed by atoms with Crippen LogP contribution in [0.25, 0.3) is 10.9 Å². The second-order valence-electron chi connectivity index (χ2n) is 2.82. The van der Waals surface area contributed by atoms with Crippen LogP contribution in [-0.2, 0) is 6.54 Å². The van der Waals surface area contributed by atoms with Crippen LogP contribution in [0.4, 0.5) is 4.39 Å². The summed E-state index contributed by atoms with van der Waals surface area (Å²) in [5.41, 5.74) is 0.252. The molecule has 1 heterocycles. The average Bonchev–Trinajstić information content (AvgIpc) is 2.44. The lowest BCUT2D eigenvalue weighted by Gasteiger charge is -1.97. The van der Waals surface area contributed by atoms with E-state index in [-0.39, 0.29) is 10.9 Å². The summed E-state index contributed by atoms with van der Waals surface area (Å²) in [6.45, 7) is 2.52. The number of aryl methyl sites for hydroxylation is 1. The third-order valence-electron chi connectivity index (χ3n) is 2.06. The molecule has 0 unspecified atom stereocenters. The van der Waals surface area contributed by atoms with E-state index in [1.807, 2.05) is 6.92 Å². The molecule has 0 saturated carbocycles. The van der Waals surface area contributed by atoms with Gasteiger partial charge in [-0.15, -0.1) is 0 Å². The first-order valence-corrected chi connectivity index (χ1v) is 4.11. The molecule has 0 aliphatic carbocycles. The molecule has 2 aromatic rings. The van der Waals surface area contributed by atoms with Crippen molar-refractivity contribution < 1.29 is 4.39 Å². The Hall–Kier alpha value is -1.58. The summed E-state index contributed by atoms with van der Waals surface area (Å²) in [4.78, 5) is 11.3. The number of benzene rings is 1. The second kappa shape index (κ2) is 2.73. The van der Waals surface area contributed by atoms with E-state index >= 15 is 0 Å². The van der Waals surface area contributed by atoms with Crippen LogP contribution in [0, 0.1) is 5.82 Å². The molecule has 2 rings (SSSR count). The molecule has 0 atom stereocenters. The number of nitrogens with zero attached hydrogens (tertiary/aromatic N) is 1. The summed E-state index contributed by atoms with van der Waals surface area (Å²) in [5, 5.41) is 2.71. The molecule has 0 saturated heterocycles. The topological polar surface area (TPSA) is 37.8 Å². The van der Waals surface area contributed by atoms with Crippen LogP contribution in [-0.4, -0.2) is 9.78 Å². The Kier molecular flexibility index (Phi) is 1.69. The molecule has 13 heavy (non-hydrogen) atoms. The van der Waals surface area contributed by atoms with Crippen molar-refractivity contribution in [3.8, 4) is 0 Å². The summed E-state index contributed by atoms with van der Waals surface area (Å²) >= 11 is 0. The Morgan fingerprint density at radius 2 is 2.31 bits per heavy atom. The highest BCUT2D eigenvalue weighted by Crippen LogP contribution is 2.12. The second-order valence-corrected chi connectivity index (χ2v) is 2.82. The number of rotatable bonds is 1. The Balaban J connectivity index is 2.96. The summed E-state index contributed by atoms with van der Waals surface area (Å²) < 4.78 is 14.8. The number of fused-ring (bicyclic) bond motifs is 1. The fraction of sp³-hybridized carbons (Fsp3) is 0.222. The average molecular weight is 180 g/mol. The quantitative estimate of drug-likeness (QED) is 0.709. The van der Waals surface area contributed by atoms with Crippen LogP contribution in [0.5, 0.6) is 0 Å². The van der Waals surface area contributed by atoms with Crippen molar-refractivity contribution in [3.63, 3.8) is 0 Å². The molecule has 1 N–H and O–H groups in total. The smallest absolute Gasteiger partial charge is 0.274 e. The first-order valence-electron chi connectivity index (χ1n) is 4.11. The Morgan fingerprint density at radius 1 is 1.54 bits per heavy atom. The highest BCUT2D eigenvalue weighted by atomic mass is 19.1. The number of halogens is 1. The monoisotopic (exact) mass is 180 g/mol. The van der Waals surface area contributed by atoms with Crippen molar-refractivity contribution in [1.29, 1.82) is 0 Å². The van der Waals surface area contributed by atoms with Gasteiger partial charge in [0, 0.05) is 6.54 Å². The summed E-state index contributed by atoms with van der Waals surface area (Å²) in [5.74, 6) is -0.467. The van der Waals surface area contributed by atoms with E-state index in [1.165, 1.54) is 6.07 Å². The van der Waals surface area contributed by atoms with Crippen molar-refractivity contribution in [2.45, 2.75) is 13.5 Å². The van der Waals surface area contributed by atoms with E-state index in [0.29, 0.717) is 12.1 Å². The highest BCUT2D eigenvalue weighted by molar-refractivity contribution is 5.78. The number of H-pyrrole nitrogens is 1. The van der Waals surface area contributed by atoms with E-state index < -0.39 is 5.82 Å². The number of nitrogens with one attached hydrogen (secondary N) is 1. The SMILES string of the molecule is CCn1[nH]c(=O)c2c(F)cccc21. The van der Waals surface area contributed by atoms with Crippen molar-refractivity contribution in [1.82, 2.24) is 9.78 Å². The van der Waals surface area contributed by atoms with Crippen LogP contribution in [0.3, 0.4) is 0 Å². The van der Waals surface area contributed by atoms with Gasteiger partial charge in [0.05, 0.1) is 5.52 Å². The summed E-state index contributed by atoms with van der Waals surface area (Å²) in [6, 6.07) is 4.61. The van der Waals surface area contributed by atoms with Gasteiger partial charge in [-0.3, -0.25) is 14.6 Å². The van der Waals surface area contributed by atoms with Gasteiger partial charge < -0.3 is 0 Å². The Morgan fingerprint density at radius 3 is 3.00 bits per heavy atom. The van der Waals surface area contributed by atoms with E-state index in [1.54, 1.807) is 16.8 Å². The zero-order valence-corrected chi connectivity index (χ0v) is 7.17. The molecule has 1 aromatic heterocycles. The first kappa shape index (κ1) is 8.04. The molecule has 0 fully saturated rings. The molecule has 3 nitrogen and oxygen atoms in total. The summed E-state index contributed by atoms with van der Waals surface area (Å²) in [7, 11) is 0. The lowest BCUT2D eigenvalue weighted by Crippen LogP contribution is -2.04. The number of aromatic amines is 1. The van der Waals surface area contributed by atoms with Crippen molar-refractivity contribution in [2.75, 3.05) is 0 Å². The Labute approximate surface area is 73.8 Å². The molecule has 0 aliphatic rings. The fourth-order valence-electron chi connectivity index (χ4n) is 1.45. The largest absolute Gasteiger partial charge is 0.285 e. The standard InChI is InChI=1S/C9H9FN2O/c1-2-12-7-5-3-4-6(10)8(7)9(13)11-12/h3-5H,2H2,1H3,(H,11,13). The molecular weight excluding hydrogens is 171 g/mol. The normalized spacial score (nSPS) is 10.9. The van der Waals surface area contributed by atoms with E-state index in [0.717, 1.165) is 0 Å². The predicted octanol–water partition coefficient (Wildman–Crippen LogP) is 1.49. The zero-order valence-electron chi connectivity index (χ0n) is 7.17. The van der Waals surface area contributed by atoms with E-state index in [4.69, 9.17) is 0 Å². The lowest BCUT2D eigenvalue weighted by molar-refractivity contribution is 0.639. The van der Waals surface area contributed by atoms with Crippen molar-refractivity contribution in [3.05, 3.63) is 34.4 Å². The van der Waals surface area contributed by atoms with Crippen LogP contribution < -0.4 is 5.56 Å². The number of hydrogen-bond acceptors (Lipinski definition) is 1. The van der Waals surface area contributed by atoms with Gasteiger partial charge in [-0.1, -0.05) is 6.07 Å². The fourth-order valence-corrected chi connectivity index (χ4v) is 1.45. The molecule has 4 heteroatoms. The van der Waals surface area contributed by atoms with Gasteiger partial charge in [0.1, 0.15) is 11.2 Å². The maximum Gasteiger partial charge on any atom is 0.274 e. The van der Waals surface area contributed by atoms with Gasteiger partial charge in [0.25, 0.3) is 5.56 Å². The van der Waals surface area contributed by atoms with Gasteiger partial charge in [0.2, 0.25) is 0 Å². The molecule has 0 aliphatic heterocycles. The van der Waals surface area contributed by atoms with Gasteiger partial charge >= 0.3 is 0 Å². The van der Waals surface area contributed by atoms with Gasteiger partial charge in [-0.05, 0) is 19.1 Å². The number of aromatic nitrogens is 2. The molecule has 0 radical (unpaired) electrons. The van der Waals surface area contributed by atoms with E-state index in [2.05, 4.69) is 5.10 Å². The number of hydrogen-bond donors (Lipinski definition) is 1. The summed E-state index contributed by atoms with van der Waals surface area (Å²) in [6.07, 6.45) is 0. The van der Waals surface area contributed by atoms with Gasteiger partial charge in [-0.2, -0.15) is 0 Å². The van der Waals surface area contributed by atoms with Gasteiger partial charge in [-0.25, -0.2) is 4.39 Å². The molecule has 0 bridgehead atoms. The molecule has 0 spiro atoms. The minimum atomic E-state index is -0.467. The maximum absolute atomic E-state index is 13.2. The van der Waals surface area contributed by atoms with Crippen molar-refractivity contribution >= 4 is 10.9 Å². The van der Waals surface area contributed by atoms with Gasteiger partial charge in [0.15, 0.2) is 0 Å². The molecular formula is C9H9FN2O. The lowest BCUT2D eigenvalue weighted by atomic mass is 10.2. The van der Waals surface area contributed by atoms with Crippen LogP contribution >= 0.6 is 0 Å². The third-order valence-corrected chi connectivity index (χ3v) is 2.06. The molecule has 0 amide bonds. The zero-order chi connectivity index (χ0) is 9.42. The van der Waals surface area contributed by atoms with Crippen molar-refractivity contribution in [2.24, 2.45) is 0 Å². The van der Waals surface area contributed by atoms with Crippen LogP contribution in [0.2, 0.25) is 0 Å². The highest BCUT2D eigenvalue weighted by Gasteiger charge is 2.08. The first-order chi connectivity index (χ1) is 6.24.